The van der Waals surface area contributed by atoms with E-state index in [-0.39, 0.29) is 50.7 Å². The zero-order valence-corrected chi connectivity index (χ0v) is 12.0. The van der Waals surface area contributed by atoms with Gasteiger partial charge in [-0.3, -0.25) is 10.1 Å². The maximum Gasteiger partial charge on any atom is 1.00 e. The van der Waals surface area contributed by atoms with Gasteiger partial charge in [-0.2, -0.15) is 0 Å². The number of halogens is 1. The molecule has 5 heteroatoms. The van der Waals surface area contributed by atoms with Gasteiger partial charge in [0.25, 0.3) is 5.70 Å². The van der Waals surface area contributed by atoms with E-state index in [0.29, 0.717) is 6.42 Å². The van der Waals surface area contributed by atoms with Crippen LogP contribution in [0.3, 0.4) is 0 Å². The largest absolute Gasteiger partial charge is 1.00 e. The molecule has 1 aliphatic carbocycles. The van der Waals surface area contributed by atoms with Crippen LogP contribution >= 0.6 is 0 Å². The predicted octanol–water partition coefficient (Wildman–Crippen LogP) is -1.74. The molecule has 0 saturated heterocycles. The zero-order valence-electron chi connectivity index (χ0n) is 5.79. The Bertz CT molecular complexity index is 231. The summed E-state index contributed by atoms with van der Waals surface area (Å²) in [5, 5.41) is 10.0. The van der Waals surface area contributed by atoms with Crippen molar-refractivity contribution in [2.24, 2.45) is 0 Å². The molecule has 0 spiro atoms. The molecule has 0 atom stereocenters. The first-order valence-corrected chi connectivity index (χ1v) is 2.55. The number of hydrogen-bond acceptors (Lipinski definition) is 2. The van der Waals surface area contributed by atoms with Gasteiger partial charge in [0, 0.05) is 6.08 Å². The van der Waals surface area contributed by atoms with Gasteiger partial charge in [0.05, 0.1) is 11.3 Å². The third-order valence-electron chi connectivity index (χ3n) is 1.04. The minimum atomic E-state index is -0.381. The minimum absolute atomic E-state index is 0. The number of rotatable bonds is 1. The summed E-state index contributed by atoms with van der Waals surface area (Å²) in [7, 11) is 0. The van der Waals surface area contributed by atoms with Gasteiger partial charge in [-0.25, -0.2) is 0 Å². The average molecular weight is 359 g/mol. The summed E-state index contributed by atoms with van der Waals surface area (Å²) in [5.74, 6) is 0. The van der Waals surface area contributed by atoms with E-state index < -0.39 is 0 Å². The summed E-state index contributed by atoms with van der Waals surface area (Å²) in [6, 6.07) is 0. The van der Waals surface area contributed by atoms with Crippen LogP contribution in [0, 0.1) is 10.1 Å². The van der Waals surface area contributed by atoms with Crippen LogP contribution in [0.4, 0.5) is 0 Å². The molecule has 11 heavy (non-hydrogen) atoms. The van der Waals surface area contributed by atoms with E-state index in [0.717, 1.165) is 0 Å². The number of nitro groups is 1. The SMILES string of the molecule is O=[N+]([O-])C1=CC=C=CC1.[Cl-].[Hg+]. The summed E-state index contributed by atoms with van der Waals surface area (Å²) in [5.41, 5.74) is 2.97. The van der Waals surface area contributed by atoms with E-state index in [9.17, 15) is 10.1 Å². The maximum absolute atomic E-state index is 10.0. The monoisotopic (exact) mass is 360 g/mol. The predicted molar refractivity (Wildman–Crippen MR) is 32.3 cm³/mol. The van der Waals surface area contributed by atoms with Crippen molar-refractivity contribution < 1.29 is 45.0 Å². The van der Waals surface area contributed by atoms with Gasteiger partial charge in [0.1, 0.15) is 0 Å². The molecule has 0 saturated carbocycles. The molecule has 0 heterocycles. The van der Waals surface area contributed by atoms with E-state index in [1.807, 2.05) is 0 Å². The first-order valence-electron chi connectivity index (χ1n) is 2.55. The van der Waals surface area contributed by atoms with Crippen LogP contribution in [0.1, 0.15) is 6.42 Å². The van der Waals surface area contributed by atoms with Crippen molar-refractivity contribution in [3.63, 3.8) is 0 Å². The van der Waals surface area contributed by atoms with Crippen LogP contribution in [0.2, 0.25) is 0 Å². The molecule has 0 fully saturated rings. The standard InChI is InChI=1S/C6H5NO2.ClH.Hg/c8-7(9)6-4-2-1-3-5-6;;/h2-4H,5H2;1H;/q;;+1/p-1. The van der Waals surface area contributed by atoms with Crippen LogP contribution in [-0.4, -0.2) is 4.92 Å². The molecule has 0 amide bonds. The molecule has 1 radical (unpaired) electrons. The van der Waals surface area contributed by atoms with Gasteiger partial charge in [-0.05, 0) is 12.2 Å². The minimum Gasteiger partial charge on any atom is -1.00 e. The van der Waals surface area contributed by atoms with Gasteiger partial charge in [0.15, 0.2) is 0 Å². The van der Waals surface area contributed by atoms with Crippen molar-refractivity contribution in [3.8, 4) is 0 Å². The Hall–Kier alpha value is -0.115. The first kappa shape index (κ1) is 13.5. The molecule has 0 unspecified atom stereocenters. The van der Waals surface area contributed by atoms with Crippen LogP contribution in [-0.2, 0) is 27.7 Å². The van der Waals surface area contributed by atoms with E-state index >= 15 is 0 Å². The van der Waals surface area contributed by atoms with E-state index in [1.54, 1.807) is 12.2 Å². The molecule has 0 aromatic heterocycles. The quantitative estimate of drug-likeness (QED) is 0.242. The van der Waals surface area contributed by atoms with Gasteiger partial charge in [0.2, 0.25) is 0 Å². The second kappa shape index (κ2) is 6.59. The van der Waals surface area contributed by atoms with Crippen LogP contribution in [0.15, 0.2) is 29.7 Å². The third kappa shape index (κ3) is 4.35. The molecule has 1 aliphatic rings. The number of nitrogens with zero attached hydrogens (tertiary/aromatic N) is 1. The Labute approximate surface area is 90.9 Å². The van der Waals surface area contributed by atoms with Crippen molar-refractivity contribution in [1.29, 1.82) is 0 Å². The van der Waals surface area contributed by atoms with E-state index in [4.69, 9.17) is 0 Å². The molecule has 0 aliphatic heterocycles. The summed E-state index contributed by atoms with van der Waals surface area (Å²) < 4.78 is 0. The molecule has 55 valence electrons. The third-order valence-corrected chi connectivity index (χ3v) is 1.04. The van der Waals surface area contributed by atoms with Crippen molar-refractivity contribution in [2.45, 2.75) is 6.42 Å². The van der Waals surface area contributed by atoms with Crippen LogP contribution < -0.4 is 12.4 Å². The van der Waals surface area contributed by atoms with Crippen molar-refractivity contribution >= 4 is 0 Å². The van der Waals surface area contributed by atoms with E-state index in [2.05, 4.69) is 5.73 Å². The second-order valence-corrected chi connectivity index (χ2v) is 1.66. The van der Waals surface area contributed by atoms with Gasteiger partial charge in [-0.15, -0.1) is 5.73 Å². The normalized spacial score (nSPS) is 12.5. The summed E-state index contributed by atoms with van der Waals surface area (Å²) in [6.07, 6.45) is 5.03. The summed E-state index contributed by atoms with van der Waals surface area (Å²) in [6.45, 7) is 0. The molecule has 0 bridgehead atoms. The van der Waals surface area contributed by atoms with Gasteiger partial charge >= 0.3 is 27.7 Å². The van der Waals surface area contributed by atoms with Crippen LogP contribution in [0.25, 0.3) is 0 Å². The number of hydrogen-bond donors (Lipinski definition) is 0. The Morgan fingerprint density at radius 2 is 2.27 bits per heavy atom. The molecule has 0 aromatic rings. The zero-order chi connectivity index (χ0) is 6.69. The molecule has 1 rings (SSSR count). The topological polar surface area (TPSA) is 43.1 Å². The van der Waals surface area contributed by atoms with Crippen LogP contribution in [0.5, 0.6) is 0 Å². The Kier molecular flexibility index (Phi) is 8.07. The van der Waals surface area contributed by atoms with Crippen molar-refractivity contribution in [3.05, 3.63) is 39.8 Å². The van der Waals surface area contributed by atoms with Crippen molar-refractivity contribution in [1.82, 2.24) is 0 Å². The fraction of sp³-hybridized carbons (Fsp3) is 0.167. The molecule has 0 N–H and O–H groups in total. The average Bonchev–Trinajstić information content (AvgIpc) is 1.90. The first-order chi connectivity index (χ1) is 4.30. The van der Waals surface area contributed by atoms with Gasteiger partial charge < -0.3 is 12.4 Å². The Morgan fingerprint density at radius 3 is 2.55 bits per heavy atom. The Morgan fingerprint density at radius 1 is 1.64 bits per heavy atom. The van der Waals surface area contributed by atoms with Gasteiger partial charge in [-0.1, -0.05) is 0 Å². The Balaban J connectivity index is 0. The smallest absolute Gasteiger partial charge is 1.00 e. The molecule has 0 aromatic carbocycles. The van der Waals surface area contributed by atoms with E-state index in [1.165, 1.54) is 6.08 Å². The molecular formula is C6H5ClHgNO2. The maximum atomic E-state index is 10.0. The van der Waals surface area contributed by atoms with Crippen molar-refractivity contribution in [2.75, 3.05) is 0 Å². The molecule has 3 nitrogen and oxygen atoms in total. The summed E-state index contributed by atoms with van der Waals surface area (Å²) >= 11 is 0. The molecular weight excluding hydrogens is 354 g/mol. The fourth-order valence-electron chi connectivity index (χ4n) is 0.579. The summed E-state index contributed by atoms with van der Waals surface area (Å²) in [4.78, 5) is 9.64. The second-order valence-electron chi connectivity index (χ2n) is 1.66. The fourth-order valence-corrected chi connectivity index (χ4v) is 0.579. The number of allylic oxidation sites excluding steroid dienone is 2.